The number of nitrogens with one attached hydrogen (secondary N) is 1. The van der Waals surface area contributed by atoms with E-state index < -0.39 is 15.8 Å². The highest BCUT2D eigenvalue weighted by atomic mass is 35.5. The third kappa shape index (κ3) is 3.03. The molecule has 2 rings (SSSR count). The average Bonchev–Trinajstić information content (AvgIpc) is 2.63. The van der Waals surface area contributed by atoms with Gasteiger partial charge in [0.25, 0.3) is 0 Å². The molecule has 1 amide bonds. The van der Waals surface area contributed by atoms with Crippen LogP contribution in [0.15, 0.2) is 18.2 Å². The Morgan fingerprint density at radius 2 is 2.17 bits per heavy atom. The molecule has 0 aliphatic carbocycles. The van der Waals surface area contributed by atoms with E-state index in [4.69, 9.17) is 11.6 Å². The summed E-state index contributed by atoms with van der Waals surface area (Å²) in [6.45, 7) is 1.84. The molecule has 1 N–H and O–H groups in total. The van der Waals surface area contributed by atoms with Crippen LogP contribution < -0.4 is 5.32 Å². The van der Waals surface area contributed by atoms with Crippen molar-refractivity contribution in [3.05, 3.63) is 28.8 Å². The van der Waals surface area contributed by atoms with Crippen LogP contribution in [-0.2, 0) is 14.6 Å². The van der Waals surface area contributed by atoms with Crippen LogP contribution in [0, 0.1) is 12.8 Å². The quantitative estimate of drug-likeness (QED) is 0.905. The number of sulfone groups is 1. The fourth-order valence-corrected chi connectivity index (χ4v) is 3.97. The van der Waals surface area contributed by atoms with E-state index in [1.807, 2.05) is 6.92 Å². The van der Waals surface area contributed by atoms with E-state index in [9.17, 15) is 13.2 Å². The van der Waals surface area contributed by atoms with Gasteiger partial charge in [0.1, 0.15) is 0 Å². The Bertz CT molecular complexity index is 583. The minimum absolute atomic E-state index is 0.0501. The standard InChI is InChI=1S/C12H14ClNO3S/c1-8-6-10(13)2-3-11(8)14-12(15)9-4-5-18(16,17)7-9/h2-3,6,9H,4-5,7H2,1H3,(H,14,15)/t9-/m0/s1. The summed E-state index contributed by atoms with van der Waals surface area (Å²) >= 11 is 5.83. The molecule has 0 aromatic heterocycles. The van der Waals surface area contributed by atoms with Gasteiger partial charge in [-0.25, -0.2) is 8.42 Å². The average molecular weight is 288 g/mol. The Kier molecular flexibility index (Phi) is 3.64. The monoisotopic (exact) mass is 287 g/mol. The van der Waals surface area contributed by atoms with E-state index in [2.05, 4.69) is 5.32 Å². The van der Waals surface area contributed by atoms with Crippen LogP contribution in [0.5, 0.6) is 0 Å². The van der Waals surface area contributed by atoms with Crippen molar-refractivity contribution in [2.45, 2.75) is 13.3 Å². The van der Waals surface area contributed by atoms with Crippen molar-refractivity contribution >= 4 is 33.0 Å². The summed E-state index contributed by atoms with van der Waals surface area (Å²) in [5.41, 5.74) is 1.53. The van der Waals surface area contributed by atoms with Crippen LogP contribution in [0.1, 0.15) is 12.0 Å². The number of carbonyl (C=O) groups excluding carboxylic acids is 1. The van der Waals surface area contributed by atoms with Crippen molar-refractivity contribution in [2.75, 3.05) is 16.8 Å². The molecule has 1 saturated heterocycles. The van der Waals surface area contributed by atoms with Crippen LogP contribution >= 0.6 is 11.6 Å². The fourth-order valence-electron chi connectivity index (χ4n) is 2.00. The second-order valence-corrected chi connectivity index (χ2v) is 7.21. The normalized spacial score (nSPS) is 21.8. The van der Waals surface area contributed by atoms with Gasteiger partial charge in [-0.3, -0.25) is 4.79 Å². The smallest absolute Gasteiger partial charge is 0.228 e. The maximum atomic E-state index is 11.9. The Morgan fingerprint density at radius 3 is 2.72 bits per heavy atom. The lowest BCUT2D eigenvalue weighted by Crippen LogP contribution is -2.24. The zero-order valence-electron chi connectivity index (χ0n) is 9.94. The number of benzene rings is 1. The number of halogens is 1. The van der Waals surface area contributed by atoms with Crippen molar-refractivity contribution in [3.8, 4) is 0 Å². The molecule has 0 spiro atoms. The number of anilines is 1. The number of amides is 1. The molecular formula is C12H14ClNO3S. The van der Waals surface area contributed by atoms with Gasteiger partial charge in [0, 0.05) is 10.7 Å². The number of hydrogen-bond acceptors (Lipinski definition) is 3. The molecule has 98 valence electrons. The maximum Gasteiger partial charge on any atom is 0.228 e. The Morgan fingerprint density at radius 1 is 1.44 bits per heavy atom. The zero-order chi connectivity index (χ0) is 13.3. The molecular weight excluding hydrogens is 274 g/mol. The van der Waals surface area contributed by atoms with Crippen LogP contribution in [0.2, 0.25) is 5.02 Å². The van der Waals surface area contributed by atoms with E-state index in [1.54, 1.807) is 18.2 Å². The SMILES string of the molecule is Cc1cc(Cl)ccc1NC(=O)[C@H]1CCS(=O)(=O)C1. The summed E-state index contributed by atoms with van der Waals surface area (Å²) in [5.74, 6) is -0.623. The van der Waals surface area contributed by atoms with E-state index >= 15 is 0 Å². The summed E-state index contributed by atoms with van der Waals surface area (Å²) in [6.07, 6.45) is 0.404. The predicted molar refractivity (Wildman–Crippen MR) is 71.6 cm³/mol. The highest BCUT2D eigenvalue weighted by Crippen LogP contribution is 2.23. The third-order valence-electron chi connectivity index (χ3n) is 3.05. The summed E-state index contributed by atoms with van der Waals surface area (Å²) in [7, 11) is -3.03. The van der Waals surface area contributed by atoms with Gasteiger partial charge in [-0.05, 0) is 37.1 Å². The molecule has 4 nitrogen and oxygen atoms in total. The predicted octanol–water partition coefficient (Wildman–Crippen LogP) is 2.02. The molecule has 18 heavy (non-hydrogen) atoms. The van der Waals surface area contributed by atoms with Crippen molar-refractivity contribution < 1.29 is 13.2 Å². The van der Waals surface area contributed by atoms with Gasteiger partial charge >= 0.3 is 0 Å². The second kappa shape index (κ2) is 4.90. The lowest BCUT2D eigenvalue weighted by molar-refractivity contribution is -0.119. The van der Waals surface area contributed by atoms with E-state index in [1.165, 1.54) is 0 Å². The van der Waals surface area contributed by atoms with Crippen LogP contribution in [-0.4, -0.2) is 25.8 Å². The molecule has 0 saturated carbocycles. The molecule has 0 bridgehead atoms. The minimum Gasteiger partial charge on any atom is -0.326 e. The van der Waals surface area contributed by atoms with Crippen LogP contribution in [0.25, 0.3) is 0 Å². The fraction of sp³-hybridized carbons (Fsp3) is 0.417. The molecule has 0 unspecified atom stereocenters. The molecule has 1 aliphatic rings. The molecule has 1 aliphatic heterocycles. The summed E-state index contributed by atoms with van der Waals surface area (Å²) < 4.78 is 22.6. The first-order valence-corrected chi connectivity index (χ1v) is 7.85. The van der Waals surface area contributed by atoms with Crippen molar-refractivity contribution in [3.63, 3.8) is 0 Å². The third-order valence-corrected chi connectivity index (χ3v) is 5.05. The number of carbonyl (C=O) groups is 1. The molecule has 1 heterocycles. The zero-order valence-corrected chi connectivity index (χ0v) is 11.5. The minimum atomic E-state index is -3.03. The van der Waals surface area contributed by atoms with Gasteiger partial charge in [-0.1, -0.05) is 11.6 Å². The topological polar surface area (TPSA) is 63.2 Å². The molecule has 1 aromatic rings. The van der Waals surface area contributed by atoms with Crippen molar-refractivity contribution in [1.82, 2.24) is 0 Å². The highest BCUT2D eigenvalue weighted by Gasteiger charge is 2.33. The largest absolute Gasteiger partial charge is 0.326 e. The van der Waals surface area contributed by atoms with Crippen molar-refractivity contribution in [2.24, 2.45) is 5.92 Å². The first kappa shape index (κ1) is 13.4. The van der Waals surface area contributed by atoms with Gasteiger partial charge in [-0.2, -0.15) is 0 Å². The lowest BCUT2D eigenvalue weighted by Gasteiger charge is -2.11. The molecule has 1 atom stereocenters. The van der Waals surface area contributed by atoms with Gasteiger partial charge < -0.3 is 5.32 Å². The Balaban J connectivity index is 2.08. The second-order valence-electron chi connectivity index (χ2n) is 4.55. The van der Waals surface area contributed by atoms with E-state index in [0.717, 1.165) is 5.56 Å². The Labute approximate surface area is 111 Å². The van der Waals surface area contributed by atoms with Gasteiger partial charge in [0.2, 0.25) is 5.91 Å². The molecule has 0 radical (unpaired) electrons. The number of rotatable bonds is 2. The van der Waals surface area contributed by atoms with E-state index in [0.29, 0.717) is 17.1 Å². The van der Waals surface area contributed by atoms with Gasteiger partial charge in [-0.15, -0.1) is 0 Å². The summed E-state index contributed by atoms with van der Waals surface area (Å²) in [6, 6.07) is 5.16. The van der Waals surface area contributed by atoms with Crippen LogP contribution in [0.4, 0.5) is 5.69 Å². The van der Waals surface area contributed by atoms with Gasteiger partial charge in [0.05, 0.1) is 17.4 Å². The molecule has 6 heteroatoms. The molecule has 1 aromatic carbocycles. The first-order chi connectivity index (χ1) is 8.37. The summed E-state index contributed by atoms with van der Waals surface area (Å²) in [4.78, 5) is 11.9. The highest BCUT2D eigenvalue weighted by molar-refractivity contribution is 7.91. The van der Waals surface area contributed by atoms with Crippen LogP contribution in [0.3, 0.4) is 0 Å². The first-order valence-electron chi connectivity index (χ1n) is 5.65. The lowest BCUT2D eigenvalue weighted by atomic mass is 10.1. The van der Waals surface area contributed by atoms with E-state index in [-0.39, 0.29) is 17.4 Å². The van der Waals surface area contributed by atoms with Gasteiger partial charge in [0.15, 0.2) is 9.84 Å². The number of aryl methyl sites for hydroxylation is 1. The number of hydrogen-bond donors (Lipinski definition) is 1. The van der Waals surface area contributed by atoms with Crippen molar-refractivity contribution in [1.29, 1.82) is 0 Å². The maximum absolute atomic E-state index is 11.9. The molecule has 1 fully saturated rings. The summed E-state index contributed by atoms with van der Waals surface area (Å²) in [5, 5.41) is 3.36. The Hall–Kier alpha value is -1.07.